The predicted molar refractivity (Wildman–Crippen MR) is 71.4 cm³/mol. The molecule has 0 saturated heterocycles. The van der Waals surface area contributed by atoms with Crippen molar-refractivity contribution < 1.29 is 9.59 Å². The average Bonchev–Trinajstić information content (AvgIpc) is 2.39. The van der Waals surface area contributed by atoms with Gasteiger partial charge in [-0.15, -0.1) is 0 Å². The van der Waals surface area contributed by atoms with E-state index in [1.807, 2.05) is 0 Å². The minimum Gasteiger partial charge on any atom is -0.355 e. The van der Waals surface area contributed by atoms with Crippen molar-refractivity contribution >= 4 is 17.5 Å². The van der Waals surface area contributed by atoms with Gasteiger partial charge < -0.3 is 16.4 Å². The molecular weight excluding hydrogens is 230 g/mol. The minimum absolute atomic E-state index is 0.0313. The molecule has 18 heavy (non-hydrogen) atoms. The minimum atomic E-state index is -0.143. The van der Waals surface area contributed by atoms with Gasteiger partial charge in [0, 0.05) is 24.7 Å². The molecule has 5 nitrogen and oxygen atoms in total. The fraction of sp³-hybridized carbons (Fsp3) is 0.385. The Morgan fingerprint density at radius 2 is 1.83 bits per heavy atom. The highest BCUT2D eigenvalue weighted by Gasteiger charge is 2.04. The number of carbonyl (C=O) groups excluding carboxylic acids is 2. The Balaban J connectivity index is 2.48. The second-order valence-electron chi connectivity index (χ2n) is 3.95. The third-order valence-corrected chi connectivity index (χ3v) is 2.52. The van der Waals surface area contributed by atoms with Gasteiger partial charge in [-0.2, -0.15) is 0 Å². The first kappa shape index (κ1) is 14.2. The molecule has 0 fully saturated rings. The van der Waals surface area contributed by atoms with Crippen LogP contribution in [0.1, 0.15) is 29.6 Å². The maximum absolute atomic E-state index is 11.5. The highest BCUT2D eigenvalue weighted by Crippen LogP contribution is 2.10. The van der Waals surface area contributed by atoms with Crippen LogP contribution in [0.4, 0.5) is 5.69 Å². The van der Waals surface area contributed by atoms with E-state index in [0.717, 1.165) is 12.8 Å². The monoisotopic (exact) mass is 249 g/mol. The van der Waals surface area contributed by atoms with Gasteiger partial charge in [0.25, 0.3) is 5.91 Å². The van der Waals surface area contributed by atoms with Crippen LogP contribution in [0.15, 0.2) is 24.3 Å². The number of benzene rings is 1. The Kier molecular flexibility index (Phi) is 5.87. The lowest BCUT2D eigenvalue weighted by Gasteiger charge is -2.06. The summed E-state index contributed by atoms with van der Waals surface area (Å²) < 4.78 is 0. The van der Waals surface area contributed by atoms with Crippen molar-refractivity contribution in [3.8, 4) is 0 Å². The van der Waals surface area contributed by atoms with Crippen molar-refractivity contribution in [3.63, 3.8) is 0 Å². The summed E-state index contributed by atoms with van der Waals surface area (Å²) in [5.41, 5.74) is 6.62. The van der Waals surface area contributed by atoms with Crippen LogP contribution in [0.2, 0.25) is 0 Å². The van der Waals surface area contributed by atoms with E-state index in [1.54, 1.807) is 31.3 Å². The van der Waals surface area contributed by atoms with E-state index in [0.29, 0.717) is 24.2 Å². The molecule has 0 bridgehead atoms. The van der Waals surface area contributed by atoms with Crippen LogP contribution in [0.25, 0.3) is 0 Å². The van der Waals surface area contributed by atoms with Crippen LogP contribution in [0.5, 0.6) is 0 Å². The summed E-state index contributed by atoms with van der Waals surface area (Å²) in [6.45, 7) is 0.605. The molecule has 1 aromatic carbocycles. The van der Waals surface area contributed by atoms with E-state index < -0.39 is 0 Å². The Hall–Kier alpha value is -1.88. The fourth-order valence-corrected chi connectivity index (χ4v) is 1.50. The van der Waals surface area contributed by atoms with Crippen LogP contribution in [0.3, 0.4) is 0 Å². The highest BCUT2D eigenvalue weighted by molar-refractivity contribution is 5.95. The lowest BCUT2D eigenvalue weighted by molar-refractivity contribution is -0.116. The van der Waals surface area contributed by atoms with E-state index in [9.17, 15) is 9.59 Å². The molecule has 0 radical (unpaired) electrons. The molecule has 1 rings (SSSR count). The molecule has 5 heteroatoms. The van der Waals surface area contributed by atoms with Gasteiger partial charge in [-0.1, -0.05) is 0 Å². The maximum atomic E-state index is 11.5. The summed E-state index contributed by atoms with van der Waals surface area (Å²) in [7, 11) is 1.58. The summed E-state index contributed by atoms with van der Waals surface area (Å²) in [5.74, 6) is -0.174. The van der Waals surface area contributed by atoms with Crippen LogP contribution in [0, 0.1) is 0 Å². The molecule has 1 aromatic rings. The molecule has 0 aromatic heterocycles. The number of rotatable bonds is 6. The van der Waals surface area contributed by atoms with Crippen molar-refractivity contribution in [2.75, 3.05) is 18.9 Å². The van der Waals surface area contributed by atoms with Crippen molar-refractivity contribution in [1.82, 2.24) is 5.32 Å². The van der Waals surface area contributed by atoms with Crippen LogP contribution in [-0.4, -0.2) is 25.4 Å². The molecule has 0 unspecified atom stereocenters. The quantitative estimate of drug-likeness (QED) is 0.660. The number of amides is 2. The summed E-state index contributed by atoms with van der Waals surface area (Å²) >= 11 is 0. The van der Waals surface area contributed by atoms with E-state index in [2.05, 4.69) is 10.6 Å². The number of hydrogen-bond donors (Lipinski definition) is 3. The molecule has 0 aliphatic rings. The van der Waals surface area contributed by atoms with E-state index >= 15 is 0 Å². The van der Waals surface area contributed by atoms with Gasteiger partial charge in [0.05, 0.1) is 0 Å². The van der Waals surface area contributed by atoms with Crippen molar-refractivity contribution in [1.29, 1.82) is 0 Å². The number of nitrogens with one attached hydrogen (secondary N) is 2. The number of nitrogens with two attached hydrogens (primary N) is 1. The zero-order chi connectivity index (χ0) is 13.4. The molecule has 0 aliphatic carbocycles. The Bertz CT molecular complexity index is 401. The van der Waals surface area contributed by atoms with Crippen molar-refractivity contribution in [2.24, 2.45) is 5.73 Å². The Morgan fingerprint density at radius 3 is 2.39 bits per heavy atom. The van der Waals surface area contributed by atoms with Crippen LogP contribution >= 0.6 is 0 Å². The lowest BCUT2D eigenvalue weighted by Crippen LogP contribution is -2.17. The van der Waals surface area contributed by atoms with Gasteiger partial charge in [0.1, 0.15) is 0 Å². The molecule has 0 saturated carbocycles. The summed E-state index contributed by atoms with van der Waals surface area (Å²) in [6, 6.07) is 6.78. The standard InChI is InChI=1S/C13H19N3O2/c1-15-13(18)10-5-7-11(8-6-10)16-12(17)4-2-3-9-14/h5-8H,2-4,9,14H2,1H3,(H,15,18)(H,16,17). The number of carbonyl (C=O) groups is 2. The fourth-order valence-electron chi connectivity index (χ4n) is 1.50. The normalized spacial score (nSPS) is 9.89. The Morgan fingerprint density at radius 1 is 1.17 bits per heavy atom. The van der Waals surface area contributed by atoms with E-state index in [4.69, 9.17) is 5.73 Å². The first-order valence-corrected chi connectivity index (χ1v) is 5.99. The Labute approximate surface area is 107 Å². The second-order valence-corrected chi connectivity index (χ2v) is 3.95. The smallest absolute Gasteiger partial charge is 0.251 e. The number of unbranched alkanes of at least 4 members (excludes halogenated alkanes) is 1. The van der Waals surface area contributed by atoms with Gasteiger partial charge in [0.2, 0.25) is 5.91 Å². The van der Waals surface area contributed by atoms with Gasteiger partial charge in [-0.25, -0.2) is 0 Å². The molecule has 0 atom stereocenters. The molecule has 2 amide bonds. The second kappa shape index (κ2) is 7.45. The van der Waals surface area contributed by atoms with Crippen LogP contribution in [-0.2, 0) is 4.79 Å². The molecule has 0 aliphatic heterocycles. The van der Waals surface area contributed by atoms with E-state index in [1.165, 1.54) is 0 Å². The number of anilines is 1. The van der Waals surface area contributed by atoms with Gasteiger partial charge in [-0.05, 0) is 43.7 Å². The molecule has 0 heterocycles. The third kappa shape index (κ3) is 4.55. The first-order valence-electron chi connectivity index (χ1n) is 5.99. The molecular formula is C13H19N3O2. The largest absolute Gasteiger partial charge is 0.355 e. The zero-order valence-corrected chi connectivity index (χ0v) is 10.5. The first-order chi connectivity index (χ1) is 8.67. The van der Waals surface area contributed by atoms with Gasteiger partial charge in [0.15, 0.2) is 0 Å². The van der Waals surface area contributed by atoms with Crippen LogP contribution < -0.4 is 16.4 Å². The molecule has 98 valence electrons. The summed E-state index contributed by atoms with van der Waals surface area (Å²) in [4.78, 5) is 22.8. The topological polar surface area (TPSA) is 84.2 Å². The SMILES string of the molecule is CNC(=O)c1ccc(NC(=O)CCCCN)cc1. The zero-order valence-electron chi connectivity index (χ0n) is 10.5. The van der Waals surface area contributed by atoms with Crippen molar-refractivity contribution in [3.05, 3.63) is 29.8 Å². The number of hydrogen-bond acceptors (Lipinski definition) is 3. The average molecular weight is 249 g/mol. The van der Waals surface area contributed by atoms with Crippen molar-refractivity contribution in [2.45, 2.75) is 19.3 Å². The van der Waals surface area contributed by atoms with E-state index in [-0.39, 0.29) is 11.8 Å². The summed E-state index contributed by atoms with van der Waals surface area (Å²) in [5, 5.41) is 5.31. The van der Waals surface area contributed by atoms with Gasteiger partial charge >= 0.3 is 0 Å². The predicted octanol–water partition coefficient (Wildman–Crippen LogP) is 1.11. The summed E-state index contributed by atoms with van der Waals surface area (Å²) in [6.07, 6.45) is 2.11. The molecule has 0 spiro atoms. The lowest BCUT2D eigenvalue weighted by atomic mass is 10.2. The molecule has 4 N–H and O–H groups in total. The third-order valence-electron chi connectivity index (χ3n) is 2.52. The highest BCUT2D eigenvalue weighted by atomic mass is 16.2. The maximum Gasteiger partial charge on any atom is 0.251 e. The van der Waals surface area contributed by atoms with Gasteiger partial charge in [-0.3, -0.25) is 9.59 Å².